The Morgan fingerprint density at radius 1 is 0.860 bits per heavy atom. The predicted octanol–water partition coefficient (Wildman–Crippen LogP) is 4.52. The summed E-state index contributed by atoms with van der Waals surface area (Å²) >= 11 is 0. The first-order chi connectivity index (χ1) is 22.9. The van der Waals surface area contributed by atoms with E-state index in [2.05, 4.69) is 10.6 Å². The largest absolute Gasteiger partial charge is 0.471 e. The van der Waals surface area contributed by atoms with Crippen molar-refractivity contribution >= 4 is 39.3 Å². The third-order valence-electron chi connectivity index (χ3n) is 8.36. The Balaban J connectivity index is 2.36. The predicted molar refractivity (Wildman–Crippen MR) is 185 cm³/mol. The van der Waals surface area contributed by atoms with Gasteiger partial charge < -0.3 is 20.9 Å². The zero-order valence-electron chi connectivity index (χ0n) is 30.0. The smallest absolute Gasteiger partial charge is 0.342 e. The number of hydrogen-bond acceptors (Lipinski definition) is 7. The number of carbonyl (C=O) groups is 4. The van der Waals surface area contributed by atoms with Crippen molar-refractivity contribution in [3.05, 3.63) is 71.8 Å². The molecule has 0 saturated carbocycles. The van der Waals surface area contributed by atoms with Crippen molar-refractivity contribution in [2.24, 2.45) is 11.3 Å². The van der Waals surface area contributed by atoms with Crippen molar-refractivity contribution < 1.29 is 40.8 Å². The van der Waals surface area contributed by atoms with E-state index in [0.29, 0.717) is 0 Å². The van der Waals surface area contributed by atoms with Gasteiger partial charge in [0.2, 0.25) is 11.8 Å². The first kappa shape index (κ1) is 41.9. The van der Waals surface area contributed by atoms with Crippen LogP contribution in [0, 0.1) is 11.3 Å². The van der Waals surface area contributed by atoms with Gasteiger partial charge in [-0.2, -0.15) is 13.2 Å². The second-order valence-corrected chi connectivity index (χ2v) is 15.7. The molecule has 15 heteroatoms. The molecule has 0 saturated heterocycles. The highest BCUT2D eigenvalue weighted by Crippen LogP contribution is 2.29. The summed E-state index contributed by atoms with van der Waals surface area (Å²) in [6, 6.07) is 11.3. The molecule has 2 rings (SSSR count). The van der Waals surface area contributed by atoms with Crippen LogP contribution in [0.1, 0.15) is 61.0 Å². The molecule has 0 aliphatic carbocycles. The Morgan fingerprint density at radius 3 is 1.90 bits per heavy atom. The molecule has 2 aromatic carbocycles. The summed E-state index contributed by atoms with van der Waals surface area (Å²) in [5.41, 5.74) is -1.28. The summed E-state index contributed by atoms with van der Waals surface area (Å²) in [5, 5.41) is 7.53. The Kier molecular flexibility index (Phi) is 13.6. The molecule has 0 aliphatic rings. The number of para-hydroxylation sites is 1. The van der Waals surface area contributed by atoms with Crippen molar-refractivity contribution in [2.75, 3.05) is 19.4 Å². The second kappa shape index (κ2) is 16.2. The normalized spacial score (nSPS) is 14.7. The molecule has 0 bridgehead atoms. The first-order valence-corrected chi connectivity index (χ1v) is 17.4. The van der Waals surface area contributed by atoms with E-state index in [1.165, 1.54) is 42.4 Å². The third kappa shape index (κ3) is 10.4. The standard InChI is InChI=1S/C35H48F3N5O6S/c1-21(2)25(20-22(3)29(44)42-50(48,49)26-19-15-14-18-24(26)40-32(47)35(36,37)38)43(10)31(46)28(33(4,5)6)41-30(45)27(39-9)34(7,8)23-16-12-11-13-17-23/h11-21,25,27-28,39H,1-10H3,(H,40,47)(H,41,45)(H,42,44)/b22-20+/t25-,27-,28?/m1/s1. The molecule has 1 unspecified atom stereocenters. The van der Waals surface area contributed by atoms with Crippen LogP contribution >= 0.6 is 0 Å². The molecule has 0 spiro atoms. The van der Waals surface area contributed by atoms with E-state index in [4.69, 9.17) is 0 Å². The van der Waals surface area contributed by atoms with E-state index < -0.39 is 79.4 Å². The van der Waals surface area contributed by atoms with Crippen LogP contribution in [0.5, 0.6) is 0 Å². The van der Waals surface area contributed by atoms with Gasteiger partial charge in [0, 0.05) is 18.0 Å². The van der Waals surface area contributed by atoms with Gasteiger partial charge in [0.25, 0.3) is 15.9 Å². The van der Waals surface area contributed by atoms with Crippen LogP contribution in [-0.4, -0.2) is 75.3 Å². The maximum Gasteiger partial charge on any atom is 0.471 e. The lowest BCUT2D eigenvalue weighted by atomic mass is 9.76. The number of hydrogen-bond donors (Lipinski definition) is 4. The van der Waals surface area contributed by atoms with E-state index in [1.54, 1.807) is 41.7 Å². The number of halogens is 3. The third-order valence-corrected chi connectivity index (χ3v) is 9.75. The van der Waals surface area contributed by atoms with Gasteiger partial charge in [-0.25, -0.2) is 13.1 Å². The quantitative estimate of drug-likeness (QED) is 0.222. The van der Waals surface area contributed by atoms with Gasteiger partial charge in [0.05, 0.1) is 17.8 Å². The first-order valence-electron chi connectivity index (χ1n) is 15.9. The molecule has 11 nitrogen and oxygen atoms in total. The molecule has 4 amide bonds. The summed E-state index contributed by atoms with van der Waals surface area (Å²) in [6.45, 7) is 14.2. The highest BCUT2D eigenvalue weighted by atomic mass is 32.2. The number of amides is 4. The minimum absolute atomic E-state index is 0.111. The number of nitrogens with one attached hydrogen (secondary N) is 4. The van der Waals surface area contributed by atoms with Crippen molar-refractivity contribution in [1.82, 2.24) is 20.3 Å². The van der Waals surface area contributed by atoms with Gasteiger partial charge in [-0.05, 0) is 43.0 Å². The van der Waals surface area contributed by atoms with Gasteiger partial charge in [-0.1, -0.05) is 97.0 Å². The lowest BCUT2D eigenvalue weighted by Gasteiger charge is -2.40. The molecule has 276 valence electrons. The van der Waals surface area contributed by atoms with E-state index >= 15 is 0 Å². The van der Waals surface area contributed by atoms with E-state index in [-0.39, 0.29) is 11.5 Å². The number of nitrogens with zero attached hydrogens (tertiary/aromatic N) is 1. The van der Waals surface area contributed by atoms with Crippen LogP contribution in [0.25, 0.3) is 0 Å². The second-order valence-electron chi connectivity index (χ2n) is 14.0. The van der Waals surface area contributed by atoms with E-state index in [0.717, 1.165) is 17.7 Å². The SMILES string of the molecule is CN[C@H](C(=O)NC(C(=O)N(C)[C@H](/C=C(\C)C(=O)NS(=O)(=O)c1ccccc1NC(=O)C(F)(F)F)C(C)C)C(C)(C)C)C(C)(C)c1ccccc1. The van der Waals surface area contributed by atoms with E-state index in [1.807, 2.05) is 48.9 Å². The van der Waals surface area contributed by atoms with Crippen molar-refractivity contribution in [3.8, 4) is 0 Å². The molecular weight excluding hydrogens is 675 g/mol. The monoisotopic (exact) mass is 723 g/mol. The topological polar surface area (TPSA) is 154 Å². The minimum Gasteiger partial charge on any atom is -0.342 e. The fraction of sp³-hybridized carbons (Fsp3) is 0.486. The fourth-order valence-electron chi connectivity index (χ4n) is 5.42. The highest BCUT2D eigenvalue weighted by Gasteiger charge is 2.42. The summed E-state index contributed by atoms with van der Waals surface area (Å²) < 4.78 is 66.5. The summed E-state index contributed by atoms with van der Waals surface area (Å²) in [5.74, 6) is -4.63. The maximum atomic E-state index is 14.1. The Labute approximate surface area is 292 Å². The Bertz CT molecular complexity index is 1690. The Morgan fingerprint density at radius 2 is 1.40 bits per heavy atom. The number of anilines is 1. The molecule has 0 heterocycles. The lowest BCUT2D eigenvalue weighted by Crippen LogP contribution is -2.61. The molecule has 0 aromatic heterocycles. The van der Waals surface area contributed by atoms with Crippen molar-refractivity contribution in [2.45, 2.75) is 90.0 Å². The van der Waals surface area contributed by atoms with Crippen LogP contribution < -0.4 is 20.7 Å². The molecule has 0 radical (unpaired) electrons. The zero-order chi connectivity index (χ0) is 38.4. The fourth-order valence-corrected chi connectivity index (χ4v) is 6.60. The van der Waals surface area contributed by atoms with Gasteiger partial charge >= 0.3 is 12.1 Å². The van der Waals surface area contributed by atoms with Crippen LogP contribution in [0.15, 0.2) is 71.1 Å². The molecule has 3 atom stereocenters. The number of carbonyl (C=O) groups excluding carboxylic acids is 4. The van der Waals surface area contributed by atoms with Crippen LogP contribution in [0.2, 0.25) is 0 Å². The summed E-state index contributed by atoms with van der Waals surface area (Å²) in [7, 11) is -1.58. The lowest BCUT2D eigenvalue weighted by molar-refractivity contribution is -0.167. The number of sulfonamides is 1. The average Bonchev–Trinajstić information content (AvgIpc) is 3.01. The minimum atomic E-state index is -5.28. The molecule has 2 aromatic rings. The van der Waals surface area contributed by atoms with Gasteiger partial charge in [0.1, 0.15) is 10.9 Å². The molecule has 50 heavy (non-hydrogen) atoms. The number of rotatable bonds is 13. The van der Waals surface area contributed by atoms with E-state index in [9.17, 15) is 40.8 Å². The average molecular weight is 724 g/mol. The van der Waals surface area contributed by atoms with Gasteiger partial charge in [-0.3, -0.25) is 19.2 Å². The van der Waals surface area contributed by atoms with Crippen LogP contribution in [0.4, 0.5) is 18.9 Å². The maximum absolute atomic E-state index is 14.1. The van der Waals surface area contributed by atoms with Crippen molar-refractivity contribution in [3.63, 3.8) is 0 Å². The molecule has 0 fully saturated rings. The number of benzene rings is 2. The zero-order valence-corrected chi connectivity index (χ0v) is 30.8. The summed E-state index contributed by atoms with van der Waals surface area (Å²) in [4.78, 5) is 53.1. The summed E-state index contributed by atoms with van der Waals surface area (Å²) in [6.07, 6.45) is -3.88. The van der Waals surface area contributed by atoms with Crippen LogP contribution in [0.3, 0.4) is 0 Å². The molecule has 4 N–H and O–H groups in total. The molecule has 0 aliphatic heterocycles. The molecular formula is C35H48F3N5O6S. The van der Waals surface area contributed by atoms with Gasteiger partial charge in [-0.15, -0.1) is 0 Å². The van der Waals surface area contributed by atoms with Crippen molar-refractivity contribution in [1.29, 1.82) is 0 Å². The number of likely N-dealkylation sites (N-methyl/N-ethyl adjacent to an activating group) is 2. The van der Waals surface area contributed by atoms with Crippen LogP contribution in [-0.2, 0) is 34.6 Å². The Hall–Kier alpha value is -4.24. The highest BCUT2D eigenvalue weighted by molar-refractivity contribution is 7.90. The number of alkyl halides is 3. The van der Waals surface area contributed by atoms with Gasteiger partial charge in [0.15, 0.2) is 0 Å².